The van der Waals surface area contributed by atoms with Gasteiger partial charge < -0.3 is 14.8 Å². The van der Waals surface area contributed by atoms with Gasteiger partial charge >= 0.3 is 29.6 Å². The summed E-state index contributed by atoms with van der Waals surface area (Å²) in [6, 6.07) is 2.68. The number of carbonyl (C=O) groups is 1. The topological polar surface area (TPSA) is 108 Å². The third-order valence-corrected chi connectivity index (χ3v) is 7.98. The summed E-state index contributed by atoms with van der Waals surface area (Å²) >= 11 is 0. The molecular weight excluding hydrogens is 453 g/mol. The van der Waals surface area contributed by atoms with E-state index < -0.39 is 16.2 Å². The van der Waals surface area contributed by atoms with E-state index in [9.17, 15) is 13.2 Å². The molecule has 2 aliphatic carbocycles. The summed E-state index contributed by atoms with van der Waals surface area (Å²) in [5.74, 6) is 0.262. The number of fused-ring (bicyclic) bond motifs is 2. The summed E-state index contributed by atoms with van der Waals surface area (Å²) in [4.78, 5) is 12.9. The van der Waals surface area contributed by atoms with Crippen LogP contribution in [0.2, 0.25) is 0 Å². The van der Waals surface area contributed by atoms with Crippen LogP contribution in [0.1, 0.15) is 47.9 Å². The molecule has 0 atom stereocenters. The van der Waals surface area contributed by atoms with Gasteiger partial charge in [-0.25, -0.2) is 12.7 Å². The molecule has 1 fully saturated rings. The molecule has 5 rings (SSSR count). The number of benzene rings is 1. The van der Waals surface area contributed by atoms with Gasteiger partial charge in [0.15, 0.2) is 11.8 Å². The van der Waals surface area contributed by atoms with Crippen molar-refractivity contribution in [3.05, 3.63) is 45.3 Å². The van der Waals surface area contributed by atoms with Crippen molar-refractivity contribution in [3.8, 4) is 0 Å². The van der Waals surface area contributed by atoms with Crippen molar-refractivity contribution in [1.82, 2.24) is 9.78 Å². The van der Waals surface area contributed by atoms with E-state index in [1.54, 1.807) is 19.3 Å². The Labute approximate surface area is 216 Å². The van der Waals surface area contributed by atoms with Crippen molar-refractivity contribution in [2.75, 3.05) is 22.8 Å². The van der Waals surface area contributed by atoms with Gasteiger partial charge in [-0.3, -0.25) is 9.48 Å². The summed E-state index contributed by atoms with van der Waals surface area (Å²) in [5, 5.41) is 7.12. The van der Waals surface area contributed by atoms with Crippen molar-refractivity contribution in [1.29, 1.82) is 0 Å². The Bertz CT molecular complexity index is 1110. The van der Waals surface area contributed by atoms with Crippen LogP contribution in [0.15, 0.2) is 18.3 Å². The number of carbonyl (C=O) groups excluding carboxylic acids is 1. The van der Waals surface area contributed by atoms with Gasteiger partial charge in [0.05, 0.1) is 6.04 Å². The van der Waals surface area contributed by atoms with Gasteiger partial charge in [0, 0.05) is 32.5 Å². The molecule has 0 radical (unpaired) electrons. The molecule has 1 saturated heterocycles. The summed E-state index contributed by atoms with van der Waals surface area (Å²) in [6.45, 7) is 0.913. The Hall–Kier alpha value is -1.59. The molecule has 1 aliphatic heterocycles. The van der Waals surface area contributed by atoms with Crippen LogP contribution in [0.4, 0.5) is 16.3 Å². The van der Waals surface area contributed by atoms with Gasteiger partial charge in [-0.2, -0.15) is 5.10 Å². The molecule has 33 heavy (non-hydrogen) atoms. The number of hydrogen-bond donors (Lipinski definition) is 1. The molecule has 1 aromatic carbocycles. The molecule has 1 aromatic heterocycles. The van der Waals surface area contributed by atoms with E-state index in [-0.39, 0.29) is 41.4 Å². The second-order valence-electron chi connectivity index (χ2n) is 8.72. The van der Waals surface area contributed by atoms with Gasteiger partial charge in [-0.05, 0) is 79.3 Å². The average Bonchev–Trinajstić information content (AvgIpc) is 3.49. The van der Waals surface area contributed by atoms with E-state index in [0.717, 1.165) is 55.3 Å². The van der Waals surface area contributed by atoms with Crippen LogP contribution < -0.4 is 39.2 Å². The number of amides is 2. The Kier molecular flexibility index (Phi) is 7.40. The minimum Gasteiger partial charge on any atom is -0.423 e. The normalized spacial score (nSPS) is 17.7. The standard InChI is InChI=1S/C22H29N5O4S.Na/c1-26-11-8-20(24-26)27(17-9-12-31-13-10-17)32(29,30)25-22(28)23-21-18-6-2-4-15(18)14-16-5-3-7-19(16)21;/h8,11,14,17H,2-7,9-10,12-13H2,1H3,(H2,23,25,28);/q;+1/p-1. The monoisotopic (exact) mass is 481 g/mol. The second-order valence-corrected chi connectivity index (χ2v) is 10.2. The maximum absolute atomic E-state index is 13.3. The molecule has 0 unspecified atom stereocenters. The first-order valence-electron chi connectivity index (χ1n) is 11.2. The first kappa shape index (κ1) is 24.5. The fraction of sp³-hybridized carbons (Fsp3) is 0.545. The summed E-state index contributed by atoms with van der Waals surface area (Å²) < 4.78 is 38.4. The zero-order valence-corrected chi connectivity index (χ0v) is 22.0. The number of ether oxygens (including phenoxy) is 1. The van der Waals surface area contributed by atoms with E-state index in [1.165, 1.54) is 20.1 Å². The number of anilines is 2. The third kappa shape index (κ3) is 4.95. The first-order chi connectivity index (χ1) is 15.4. The maximum atomic E-state index is 13.3. The Morgan fingerprint density at radius 2 is 1.79 bits per heavy atom. The quantitative estimate of drug-likeness (QED) is 0.616. The number of rotatable bonds is 5. The molecule has 11 heteroatoms. The number of urea groups is 1. The summed E-state index contributed by atoms with van der Waals surface area (Å²) in [5.41, 5.74) is 5.59. The molecule has 172 valence electrons. The van der Waals surface area contributed by atoms with Crippen LogP contribution in [-0.4, -0.2) is 43.5 Å². The van der Waals surface area contributed by atoms with E-state index >= 15 is 0 Å². The predicted molar refractivity (Wildman–Crippen MR) is 121 cm³/mol. The largest absolute Gasteiger partial charge is 1.00 e. The van der Waals surface area contributed by atoms with Gasteiger partial charge in [-0.1, -0.05) is 6.07 Å². The van der Waals surface area contributed by atoms with Crippen molar-refractivity contribution in [2.45, 2.75) is 57.4 Å². The first-order valence-corrected chi connectivity index (χ1v) is 12.6. The SMILES string of the molecule is Cn1ccc(N(C2CCOCC2)S(=O)(=O)[N-]C(=O)Nc2c3c(cc4c2CCC4)CCC3)n1.[Na+]. The van der Waals surface area contributed by atoms with Crippen LogP contribution in [0.5, 0.6) is 0 Å². The minimum atomic E-state index is -4.29. The summed E-state index contributed by atoms with van der Waals surface area (Å²) in [7, 11) is -2.57. The number of nitrogens with zero attached hydrogens (tertiary/aromatic N) is 4. The predicted octanol–water partition coefficient (Wildman–Crippen LogP) is 0.238. The van der Waals surface area contributed by atoms with E-state index in [0.29, 0.717) is 26.1 Å². The Balaban J connectivity index is 0.00000259. The molecule has 1 N–H and O–H groups in total. The molecule has 2 amide bonds. The van der Waals surface area contributed by atoms with Gasteiger partial charge in [-0.15, -0.1) is 0 Å². The molecule has 3 aliphatic rings. The molecule has 0 spiro atoms. The number of aryl methyl sites for hydroxylation is 3. The maximum Gasteiger partial charge on any atom is 1.00 e. The van der Waals surface area contributed by atoms with Crippen molar-refractivity contribution < 1.29 is 47.5 Å². The average molecular weight is 482 g/mol. The molecule has 2 heterocycles. The van der Waals surface area contributed by atoms with Gasteiger partial charge in [0.2, 0.25) is 0 Å². The minimum absolute atomic E-state index is 0. The molecule has 0 saturated carbocycles. The van der Waals surface area contributed by atoms with Crippen LogP contribution in [0.3, 0.4) is 0 Å². The molecule has 0 bridgehead atoms. The van der Waals surface area contributed by atoms with Crippen molar-refractivity contribution in [3.63, 3.8) is 0 Å². The zero-order chi connectivity index (χ0) is 22.3. The summed E-state index contributed by atoms with van der Waals surface area (Å²) in [6.07, 6.45) is 8.60. The molecular formula is C22H28N5NaO4S. The third-order valence-electron chi connectivity index (χ3n) is 6.60. The van der Waals surface area contributed by atoms with Crippen molar-refractivity contribution in [2.24, 2.45) is 7.05 Å². The number of hydrogen-bond acceptors (Lipinski definition) is 5. The molecule has 9 nitrogen and oxygen atoms in total. The fourth-order valence-electron chi connectivity index (χ4n) is 5.18. The van der Waals surface area contributed by atoms with Crippen LogP contribution in [0, 0.1) is 0 Å². The fourth-order valence-corrected chi connectivity index (χ4v) is 6.44. The van der Waals surface area contributed by atoms with Crippen molar-refractivity contribution >= 4 is 27.7 Å². The van der Waals surface area contributed by atoms with Gasteiger partial charge in [0.25, 0.3) is 10.2 Å². The number of aromatic nitrogens is 2. The second kappa shape index (κ2) is 9.95. The van der Waals surface area contributed by atoms with E-state index in [2.05, 4.69) is 21.2 Å². The molecule has 2 aromatic rings. The smallest absolute Gasteiger partial charge is 0.423 e. The van der Waals surface area contributed by atoms with E-state index in [1.807, 2.05) is 0 Å². The van der Waals surface area contributed by atoms with Crippen LogP contribution in [-0.2, 0) is 47.7 Å². The zero-order valence-electron chi connectivity index (χ0n) is 19.2. The number of nitrogens with one attached hydrogen (secondary N) is 1. The van der Waals surface area contributed by atoms with Gasteiger partial charge in [0.1, 0.15) is 0 Å². The van der Waals surface area contributed by atoms with E-state index in [4.69, 9.17) is 4.74 Å². The van der Waals surface area contributed by atoms with Crippen LogP contribution in [0.25, 0.3) is 4.72 Å². The Morgan fingerprint density at radius 1 is 1.15 bits per heavy atom. The Morgan fingerprint density at radius 3 is 2.36 bits per heavy atom. The van der Waals surface area contributed by atoms with Crippen LogP contribution >= 0.6 is 0 Å².